The Morgan fingerprint density at radius 2 is 2.45 bits per heavy atom. The summed E-state index contributed by atoms with van der Waals surface area (Å²) >= 11 is 0. The van der Waals surface area contributed by atoms with Crippen LogP contribution >= 0.6 is 0 Å². The zero-order chi connectivity index (χ0) is 7.90. The molecule has 0 unspecified atom stereocenters. The SMILES string of the molecule is C[C@@H]1CN2CCC[C@]2(CO)C1. The van der Waals surface area contributed by atoms with Crippen LogP contribution < -0.4 is 0 Å². The summed E-state index contributed by atoms with van der Waals surface area (Å²) in [5, 5.41) is 9.30. The predicted octanol–water partition coefficient (Wildman–Crippen LogP) is 0.853. The highest BCUT2D eigenvalue weighted by Gasteiger charge is 2.46. The van der Waals surface area contributed by atoms with Gasteiger partial charge in [-0.3, -0.25) is 4.90 Å². The second-order valence-corrected chi connectivity index (χ2v) is 4.24. The van der Waals surface area contributed by atoms with Crippen LogP contribution in [0, 0.1) is 5.92 Å². The molecule has 2 heteroatoms. The number of nitrogens with zero attached hydrogens (tertiary/aromatic N) is 1. The van der Waals surface area contributed by atoms with Crippen molar-refractivity contribution in [2.24, 2.45) is 5.92 Å². The second-order valence-electron chi connectivity index (χ2n) is 4.24. The van der Waals surface area contributed by atoms with Crippen LogP contribution in [0.15, 0.2) is 0 Å². The van der Waals surface area contributed by atoms with Crippen molar-refractivity contribution in [1.29, 1.82) is 0 Å². The molecule has 2 fully saturated rings. The monoisotopic (exact) mass is 155 g/mol. The summed E-state index contributed by atoms with van der Waals surface area (Å²) in [6.07, 6.45) is 3.71. The van der Waals surface area contributed by atoms with Gasteiger partial charge in [-0.1, -0.05) is 6.92 Å². The summed E-state index contributed by atoms with van der Waals surface area (Å²) in [4.78, 5) is 2.48. The van der Waals surface area contributed by atoms with Gasteiger partial charge in [-0.05, 0) is 31.7 Å². The molecule has 0 aromatic heterocycles. The molecule has 2 aliphatic heterocycles. The molecule has 64 valence electrons. The van der Waals surface area contributed by atoms with E-state index in [1.54, 1.807) is 0 Å². The van der Waals surface area contributed by atoms with E-state index in [9.17, 15) is 5.11 Å². The number of aliphatic hydroxyl groups is 1. The minimum absolute atomic E-state index is 0.208. The van der Waals surface area contributed by atoms with Crippen molar-refractivity contribution >= 4 is 0 Å². The molecule has 0 aromatic carbocycles. The maximum Gasteiger partial charge on any atom is 0.0615 e. The number of hydrogen-bond donors (Lipinski definition) is 1. The number of aliphatic hydroxyl groups excluding tert-OH is 1. The van der Waals surface area contributed by atoms with E-state index in [-0.39, 0.29) is 5.54 Å². The first-order valence-corrected chi connectivity index (χ1v) is 4.63. The molecule has 2 atom stereocenters. The summed E-state index contributed by atoms with van der Waals surface area (Å²) in [7, 11) is 0. The van der Waals surface area contributed by atoms with Crippen LogP contribution in [0.5, 0.6) is 0 Å². The molecule has 2 aliphatic rings. The van der Waals surface area contributed by atoms with Gasteiger partial charge in [-0.2, -0.15) is 0 Å². The van der Waals surface area contributed by atoms with Crippen molar-refractivity contribution in [3.63, 3.8) is 0 Å². The highest BCUT2D eigenvalue weighted by atomic mass is 16.3. The third-order valence-corrected chi connectivity index (χ3v) is 3.30. The van der Waals surface area contributed by atoms with Crippen LogP contribution in [-0.2, 0) is 0 Å². The minimum Gasteiger partial charge on any atom is -0.394 e. The summed E-state index contributed by atoms with van der Waals surface area (Å²) in [5.41, 5.74) is 0.208. The summed E-state index contributed by atoms with van der Waals surface area (Å²) in [6.45, 7) is 5.08. The Bertz CT molecular complexity index is 160. The van der Waals surface area contributed by atoms with Gasteiger partial charge in [0, 0.05) is 12.1 Å². The molecule has 11 heavy (non-hydrogen) atoms. The smallest absolute Gasteiger partial charge is 0.0615 e. The first-order chi connectivity index (χ1) is 5.27. The Balaban J connectivity index is 2.15. The van der Waals surface area contributed by atoms with Crippen molar-refractivity contribution in [2.75, 3.05) is 19.7 Å². The topological polar surface area (TPSA) is 23.5 Å². The van der Waals surface area contributed by atoms with Gasteiger partial charge in [-0.25, -0.2) is 0 Å². The largest absolute Gasteiger partial charge is 0.394 e. The summed E-state index contributed by atoms with van der Waals surface area (Å²) < 4.78 is 0. The highest BCUT2D eigenvalue weighted by molar-refractivity contribution is 5.01. The molecule has 2 nitrogen and oxygen atoms in total. The van der Waals surface area contributed by atoms with Crippen LogP contribution in [-0.4, -0.2) is 35.2 Å². The van der Waals surface area contributed by atoms with Crippen molar-refractivity contribution in [2.45, 2.75) is 31.7 Å². The Kier molecular flexibility index (Phi) is 1.69. The molecule has 0 aliphatic carbocycles. The van der Waals surface area contributed by atoms with E-state index >= 15 is 0 Å². The quantitative estimate of drug-likeness (QED) is 0.607. The molecule has 2 saturated heterocycles. The van der Waals surface area contributed by atoms with Crippen LogP contribution in [0.2, 0.25) is 0 Å². The lowest BCUT2D eigenvalue weighted by Crippen LogP contribution is -2.41. The zero-order valence-corrected chi connectivity index (χ0v) is 7.21. The van der Waals surface area contributed by atoms with E-state index < -0.39 is 0 Å². The van der Waals surface area contributed by atoms with Gasteiger partial charge < -0.3 is 5.11 Å². The Morgan fingerprint density at radius 3 is 3.09 bits per heavy atom. The minimum atomic E-state index is 0.208. The fourth-order valence-electron chi connectivity index (χ4n) is 2.84. The summed E-state index contributed by atoms with van der Waals surface area (Å²) in [5.74, 6) is 0.794. The van der Waals surface area contributed by atoms with Crippen LogP contribution in [0.1, 0.15) is 26.2 Å². The van der Waals surface area contributed by atoms with E-state index in [0.717, 1.165) is 5.92 Å². The molecule has 0 aromatic rings. The number of fused-ring (bicyclic) bond motifs is 1. The van der Waals surface area contributed by atoms with E-state index in [2.05, 4.69) is 11.8 Å². The van der Waals surface area contributed by atoms with Gasteiger partial charge >= 0.3 is 0 Å². The van der Waals surface area contributed by atoms with Gasteiger partial charge in [0.15, 0.2) is 0 Å². The maximum atomic E-state index is 9.30. The Hall–Kier alpha value is -0.0800. The normalized spacial score (nSPS) is 44.7. The molecule has 0 bridgehead atoms. The Labute approximate surface area is 68.2 Å². The predicted molar refractivity (Wildman–Crippen MR) is 44.4 cm³/mol. The lowest BCUT2D eigenvalue weighted by atomic mass is 9.92. The lowest BCUT2D eigenvalue weighted by molar-refractivity contribution is 0.0998. The third-order valence-electron chi connectivity index (χ3n) is 3.30. The molecule has 2 rings (SSSR count). The van der Waals surface area contributed by atoms with E-state index in [0.29, 0.717) is 6.61 Å². The number of hydrogen-bond acceptors (Lipinski definition) is 2. The van der Waals surface area contributed by atoms with Crippen molar-refractivity contribution in [1.82, 2.24) is 4.90 Å². The fourth-order valence-corrected chi connectivity index (χ4v) is 2.84. The molecule has 0 radical (unpaired) electrons. The highest BCUT2D eigenvalue weighted by Crippen LogP contribution is 2.40. The molecule has 1 N–H and O–H groups in total. The van der Waals surface area contributed by atoms with Crippen molar-refractivity contribution < 1.29 is 5.11 Å². The average molecular weight is 155 g/mol. The van der Waals surface area contributed by atoms with Gasteiger partial charge in [0.25, 0.3) is 0 Å². The molecule has 0 amide bonds. The second kappa shape index (κ2) is 2.46. The first kappa shape index (κ1) is 7.56. The standard InChI is InChI=1S/C9H17NO/c1-8-5-9(7-11)3-2-4-10(9)6-8/h8,11H,2-7H2,1H3/t8-,9+/m0/s1. The molecular formula is C9H17NO. The van der Waals surface area contributed by atoms with Crippen LogP contribution in [0.3, 0.4) is 0 Å². The number of rotatable bonds is 1. The van der Waals surface area contributed by atoms with Gasteiger partial charge in [0.1, 0.15) is 0 Å². The van der Waals surface area contributed by atoms with E-state index in [4.69, 9.17) is 0 Å². The molecule has 0 spiro atoms. The fraction of sp³-hybridized carbons (Fsp3) is 1.00. The average Bonchev–Trinajstić information content (AvgIpc) is 2.43. The zero-order valence-electron chi connectivity index (χ0n) is 7.21. The van der Waals surface area contributed by atoms with Gasteiger partial charge in [-0.15, -0.1) is 0 Å². The van der Waals surface area contributed by atoms with Crippen molar-refractivity contribution in [3.05, 3.63) is 0 Å². The Morgan fingerprint density at radius 1 is 1.64 bits per heavy atom. The van der Waals surface area contributed by atoms with Gasteiger partial charge in [0.2, 0.25) is 0 Å². The lowest BCUT2D eigenvalue weighted by Gasteiger charge is -2.29. The van der Waals surface area contributed by atoms with E-state index in [1.807, 2.05) is 0 Å². The van der Waals surface area contributed by atoms with Gasteiger partial charge in [0.05, 0.1) is 6.61 Å². The third kappa shape index (κ3) is 1.00. The first-order valence-electron chi connectivity index (χ1n) is 4.63. The molecule has 0 saturated carbocycles. The van der Waals surface area contributed by atoms with Crippen LogP contribution in [0.25, 0.3) is 0 Å². The summed E-state index contributed by atoms with van der Waals surface area (Å²) in [6, 6.07) is 0. The molecular weight excluding hydrogens is 138 g/mol. The van der Waals surface area contributed by atoms with E-state index in [1.165, 1.54) is 32.4 Å². The van der Waals surface area contributed by atoms with Crippen LogP contribution in [0.4, 0.5) is 0 Å². The maximum absolute atomic E-state index is 9.30. The molecule has 2 heterocycles. The van der Waals surface area contributed by atoms with Crippen molar-refractivity contribution in [3.8, 4) is 0 Å².